The summed E-state index contributed by atoms with van der Waals surface area (Å²) < 4.78 is 21.5. The van der Waals surface area contributed by atoms with E-state index < -0.39 is 23.3 Å². The first-order chi connectivity index (χ1) is 17.4. The number of aryl methyl sites for hydroxylation is 2. The largest absolute Gasteiger partial charge is 0.484 e. The molecule has 7 heteroatoms. The number of carbonyl (C=O) groups excluding carboxylic acids is 2. The predicted molar refractivity (Wildman–Crippen MR) is 148 cm³/mol. The Kier molecular flexibility index (Phi) is 9.49. The van der Waals surface area contributed by atoms with Crippen LogP contribution in [0.5, 0.6) is 5.75 Å². The molecule has 3 rings (SSSR count). The van der Waals surface area contributed by atoms with Crippen LogP contribution in [0.2, 0.25) is 0 Å². The molecule has 0 radical (unpaired) electrons. The number of nitrogens with zero attached hydrogens (tertiary/aromatic N) is 1. The van der Waals surface area contributed by atoms with Gasteiger partial charge in [-0.2, -0.15) is 0 Å². The van der Waals surface area contributed by atoms with Gasteiger partial charge in [-0.1, -0.05) is 64.5 Å². The van der Waals surface area contributed by atoms with Crippen LogP contribution in [0.4, 0.5) is 4.39 Å². The molecule has 0 bridgehead atoms. The van der Waals surface area contributed by atoms with Crippen LogP contribution in [-0.2, 0) is 22.6 Å². The molecule has 3 aromatic carbocycles. The van der Waals surface area contributed by atoms with Crippen molar-refractivity contribution in [2.24, 2.45) is 0 Å². The molecule has 5 nitrogen and oxygen atoms in total. The third-order valence-corrected chi connectivity index (χ3v) is 7.09. The average molecular weight is 570 g/mol. The van der Waals surface area contributed by atoms with Crippen molar-refractivity contribution in [1.82, 2.24) is 10.2 Å². The quantitative estimate of drug-likeness (QED) is 0.337. The maximum absolute atomic E-state index is 14.7. The van der Waals surface area contributed by atoms with Gasteiger partial charge in [-0.05, 0) is 69.5 Å². The first-order valence-electron chi connectivity index (χ1n) is 12.2. The number of amides is 2. The summed E-state index contributed by atoms with van der Waals surface area (Å²) >= 11 is 3.54. The smallest absolute Gasteiger partial charge is 0.261 e. The Morgan fingerprint density at radius 2 is 1.59 bits per heavy atom. The molecule has 0 fully saturated rings. The van der Waals surface area contributed by atoms with Crippen molar-refractivity contribution in [3.8, 4) is 5.75 Å². The molecule has 0 saturated carbocycles. The van der Waals surface area contributed by atoms with Gasteiger partial charge in [0.25, 0.3) is 5.91 Å². The second-order valence-electron chi connectivity index (χ2n) is 10.2. The zero-order valence-electron chi connectivity index (χ0n) is 22.0. The molecule has 1 N–H and O–H groups in total. The standard InChI is InChI=1S/C30H34BrFN2O3/c1-20-15-24(16-21(2)28(20)31)37-19-27(35)34(18-23-13-9-10-14-25(23)32)26(29(36)33-30(3,4)5)17-22-11-7-6-8-12-22/h6-16,26H,17-19H2,1-5H3,(H,33,36)/t26-/m1/s1. The Morgan fingerprint density at radius 1 is 1.00 bits per heavy atom. The molecule has 37 heavy (non-hydrogen) atoms. The Morgan fingerprint density at radius 3 is 2.19 bits per heavy atom. The summed E-state index contributed by atoms with van der Waals surface area (Å²) in [7, 11) is 0. The van der Waals surface area contributed by atoms with Crippen LogP contribution in [0.15, 0.2) is 71.2 Å². The normalized spacial score (nSPS) is 12.1. The number of halogens is 2. The van der Waals surface area contributed by atoms with Gasteiger partial charge in [-0.3, -0.25) is 9.59 Å². The SMILES string of the molecule is Cc1cc(OCC(=O)N(Cc2ccccc2F)[C@H](Cc2ccccc2)C(=O)NC(C)(C)C)cc(C)c1Br. The highest BCUT2D eigenvalue weighted by atomic mass is 79.9. The summed E-state index contributed by atoms with van der Waals surface area (Å²) in [5.74, 6) is -0.603. The number of benzene rings is 3. The van der Waals surface area contributed by atoms with Gasteiger partial charge in [-0.15, -0.1) is 0 Å². The van der Waals surface area contributed by atoms with Crippen LogP contribution in [0.3, 0.4) is 0 Å². The van der Waals surface area contributed by atoms with Crippen LogP contribution < -0.4 is 10.1 Å². The summed E-state index contributed by atoms with van der Waals surface area (Å²) in [6.45, 7) is 9.19. The first-order valence-corrected chi connectivity index (χ1v) is 13.0. The van der Waals surface area contributed by atoms with Crippen molar-refractivity contribution in [3.05, 3.63) is 99.3 Å². The van der Waals surface area contributed by atoms with Crippen LogP contribution in [0, 0.1) is 19.7 Å². The molecule has 0 heterocycles. The molecule has 1 atom stereocenters. The van der Waals surface area contributed by atoms with Crippen molar-refractivity contribution in [1.29, 1.82) is 0 Å². The van der Waals surface area contributed by atoms with E-state index in [0.717, 1.165) is 21.2 Å². The molecule has 0 spiro atoms. The Bertz CT molecular complexity index is 1220. The number of hydrogen-bond donors (Lipinski definition) is 1. The van der Waals surface area contributed by atoms with E-state index in [2.05, 4.69) is 21.2 Å². The fourth-order valence-corrected chi connectivity index (χ4v) is 4.26. The van der Waals surface area contributed by atoms with Crippen molar-refractivity contribution in [2.45, 2.75) is 59.2 Å². The monoisotopic (exact) mass is 568 g/mol. The lowest BCUT2D eigenvalue weighted by molar-refractivity contribution is -0.143. The zero-order valence-corrected chi connectivity index (χ0v) is 23.6. The number of carbonyl (C=O) groups is 2. The van der Waals surface area contributed by atoms with Crippen molar-refractivity contribution < 1.29 is 18.7 Å². The van der Waals surface area contributed by atoms with E-state index in [1.165, 1.54) is 11.0 Å². The van der Waals surface area contributed by atoms with E-state index in [1.54, 1.807) is 18.2 Å². The molecular formula is C30H34BrFN2O3. The fraction of sp³-hybridized carbons (Fsp3) is 0.333. The fourth-order valence-electron chi connectivity index (χ4n) is 4.03. The lowest BCUT2D eigenvalue weighted by Gasteiger charge is -2.33. The lowest BCUT2D eigenvalue weighted by Crippen LogP contribution is -2.55. The van der Waals surface area contributed by atoms with Crippen molar-refractivity contribution >= 4 is 27.7 Å². The molecule has 196 valence electrons. The van der Waals surface area contributed by atoms with E-state index in [0.29, 0.717) is 11.3 Å². The zero-order chi connectivity index (χ0) is 27.2. The Labute approximate surface area is 227 Å². The van der Waals surface area contributed by atoms with E-state index >= 15 is 0 Å². The molecule has 0 aromatic heterocycles. The minimum Gasteiger partial charge on any atom is -0.484 e. The van der Waals surface area contributed by atoms with Gasteiger partial charge in [0.15, 0.2) is 6.61 Å². The Balaban J connectivity index is 1.95. The molecule has 2 amide bonds. The van der Waals surface area contributed by atoms with Gasteiger partial charge < -0.3 is 15.0 Å². The number of ether oxygens (including phenoxy) is 1. The Hall–Kier alpha value is -3.19. The van der Waals surface area contributed by atoms with E-state index in [1.807, 2.05) is 77.1 Å². The van der Waals surface area contributed by atoms with E-state index in [-0.39, 0.29) is 25.5 Å². The molecule has 0 aliphatic carbocycles. The van der Waals surface area contributed by atoms with Crippen LogP contribution in [-0.4, -0.2) is 34.9 Å². The van der Waals surface area contributed by atoms with Gasteiger partial charge in [0.2, 0.25) is 5.91 Å². The van der Waals surface area contributed by atoms with E-state index in [4.69, 9.17) is 4.74 Å². The molecule has 0 saturated heterocycles. The second-order valence-corrected chi connectivity index (χ2v) is 11.0. The summed E-state index contributed by atoms with van der Waals surface area (Å²) in [5, 5.41) is 3.00. The second kappa shape index (κ2) is 12.4. The third kappa shape index (κ3) is 8.15. The molecule has 3 aromatic rings. The highest BCUT2D eigenvalue weighted by molar-refractivity contribution is 9.10. The average Bonchev–Trinajstić information content (AvgIpc) is 2.83. The van der Waals surface area contributed by atoms with Gasteiger partial charge in [0.1, 0.15) is 17.6 Å². The minimum atomic E-state index is -0.870. The van der Waals surface area contributed by atoms with Crippen molar-refractivity contribution in [3.63, 3.8) is 0 Å². The summed E-state index contributed by atoms with van der Waals surface area (Å²) in [4.78, 5) is 28.6. The molecule has 0 aliphatic heterocycles. The van der Waals surface area contributed by atoms with Crippen LogP contribution >= 0.6 is 15.9 Å². The molecule has 0 aliphatic rings. The lowest BCUT2D eigenvalue weighted by atomic mass is 10.0. The summed E-state index contributed by atoms with van der Waals surface area (Å²) in [5.41, 5.74) is 2.67. The van der Waals surface area contributed by atoms with Crippen molar-refractivity contribution in [2.75, 3.05) is 6.61 Å². The summed E-state index contributed by atoms with van der Waals surface area (Å²) in [6, 6.07) is 18.6. The number of rotatable bonds is 9. The van der Waals surface area contributed by atoms with Gasteiger partial charge in [-0.25, -0.2) is 4.39 Å². The van der Waals surface area contributed by atoms with Crippen LogP contribution in [0.25, 0.3) is 0 Å². The van der Waals surface area contributed by atoms with Gasteiger partial charge >= 0.3 is 0 Å². The number of nitrogens with one attached hydrogen (secondary N) is 1. The molecule has 0 unspecified atom stereocenters. The maximum Gasteiger partial charge on any atom is 0.261 e. The highest BCUT2D eigenvalue weighted by Crippen LogP contribution is 2.26. The van der Waals surface area contributed by atoms with Gasteiger partial charge in [0.05, 0.1) is 0 Å². The minimum absolute atomic E-state index is 0.0671. The predicted octanol–water partition coefficient (Wildman–Crippen LogP) is 6.14. The van der Waals surface area contributed by atoms with Gasteiger partial charge in [0, 0.05) is 28.5 Å². The first kappa shape index (κ1) is 28.4. The number of hydrogen-bond acceptors (Lipinski definition) is 3. The summed E-state index contributed by atoms with van der Waals surface area (Å²) in [6.07, 6.45) is 0.277. The topological polar surface area (TPSA) is 58.6 Å². The highest BCUT2D eigenvalue weighted by Gasteiger charge is 2.33. The van der Waals surface area contributed by atoms with E-state index in [9.17, 15) is 14.0 Å². The molecular weight excluding hydrogens is 535 g/mol. The van der Waals surface area contributed by atoms with Crippen LogP contribution in [0.1, 0.15) is 43.0 Å². The maximum atomic E-state index is 14.7. The third-order valence-electron chi connectivity index (χ3n) is 5.84.